The molecule has 0 aliphatic heterocycles. The highest BCUT2D eigenvalue weighted by molar-refractivity contribution is 7.14. The van der Waals surface area contributed by atoms with Gasteiger partial charge in [0.1, 0.15) is 10.6 Å². The minimum absolute atomic E-state index is 0.173. The van der Waals surface area contributed by atoms with Crippen molar-refractivity contribution in [3.05, 3.63) is 29.0 Å². The predicted molar refractivity (Wildman–Crippen MR) is 62.6 cm³/mol. The lowest BCUT2D eigenvalue weighted by molar-refractivity contribution is 0.427. The predicted octanol–water partition coefficient (Wildman–Crippen LogP) is 3.23. The van der Waals surface area contributed by atoms with Crippen molar-refractivity contribution in [1.82, 2.24) is 10.1 Å². The first kappa shape index (κ1) is 9.56. The van der Waals surface area contributed by atoms with Gasteiger partial charge in [-0.25, -0.2) is 0 Å². The van der Waals surface area contributed by atoms with E-state index in [4.69, 9.17) is 4.52 Å². The molecule has 16 heavy (non-hydrogen) atoms. The van der Waals surface area contributed by atoms with E-state index in [0.29, 0.717) is 16.6 Å². The molecule has 0 fully saturated rings. The molecule has 0 saturated carbocycles. The zero-order valence-corrected chi connectivity index (χ0v) is 9.59. The fourth-order valence-corrected chi connectivity index (χ4v) is 2.64. The Morgan fingerprint density at radius 1 is 1.19 bits per heavy atom. The van der Waals surface area contributed by atoms with Gasteiger partial charge in [-0.05, 0) is 22.9 Å². The van der Waals surface area contributed by atoms with Crippen LogP contribution in [0.3, 0.4) is 0 Å². The maximum absolute atomic E-state index is 9.53. The number of aromatic nitrogens is 2. The van der Waals surface area contributed by atoms with Crippen molar-refractivity contribution in [2.75, 3.05) is 0 Å². The molecule has 0 bridgehead atoms. The maximum Gasteiger partial charge on any atom is 0.272 e. The lowest BCUT2D eigenvalue weighted by Gasteiger charge is -1.87. The van der Waals surface area contributed by atoms with Gasteiger partial charge in [0.2, 0.25) is 5.82 Å². The fraction of sp³-hybridized carbons (Fsp3) is 0. The quantitative estimate of drug-likeness (QED) is 0.758. The Bertz CT molecular complexity index is 598. The zero-order chi connectivity index (χ0) is 11.0. The highest BCUT2D eigenvalue weighted by Gasteiger charge is 2.15. The van der Waals surface area contributed by atoms with E-state index >= 15 is 0 Å². The number of hydrogen-bond donors (Lipinski definition) is 1. The van der Waals surface area contributed by atoms with Gasteiger partial charge in [-0.2, -0.15) is 4.98 Å². The van der Waals surface area contributed by atoms with Crippen LogP contribution in [-0.4, -0.2) is 15.2 Å². The molecule has 0 radical (unpaired) electrons. The molecule has 0 unspecified atom stereocenters. The highest BCUT2D eigenvalue weighted by Crippen LogP contribution is 2.34. The summed E-state index contributed by atoms with van der Waals surface area (Å²) in [7, 11) is 0. The number of thiophene rings is 2. The van der Waals surface area contributed by atoms with E-state index < -0.39 is 0 Å². The summed E-state index contributed by atoms with van der Waals surface area (Å²) >= 11 is 2.92. The Labute approximate surface area is 98.8 Å². The molecule has 3 rings (SSSR count). The summed E-state index contributed by atoms with van der Waals surface area (Å²) in [6.07, 6.45) is 0. The van der Waals surface area contributed by atoms with Gasteiger partial charge < -0.3 is 9.63 Å². The van der Waals surface area contributed by atoms with E-state index in [0.717, 1.165) is 4.88 Å². The van der Waals surface area contributed by atoms with Crippen LogP contribution in [0, 0.1) is 0 Å². The van der Waals surface area contributed by atoms with Crippen LogP contribution in [0.4, 0.5) is 0 Å². The van der Waals surface area contributed by atoms with Crippen molar-refractivity contribution >= 4 is 22.7 Å². The second-order valence-electron chi connectivity index (χ2n) is 3.04. The summed E-state index contributed by atoms with van der Waals surface area (Å²) < 4.78 is 5.11. The summed E-state index contributed by atoms with van der Waals surface area (Å²) in [5, 5.41) is 17.1. The average molecular weight is 250 g/mol. The summed E-state index contributed by atoms with van der Waals surface area (Å²) in [6, 6.07) is 5.46. The van der Waals surface area contributed by atoms with Gasteiger partial charge in [0.15, 0.2) is 0 Å². The summed E-state index contributed by atoms with van der Waals surface area (Å²) in [6.45, 7) is 0. The Kier molecular flexibility index (Phi) is 2.23. The Morgan fingerprint density at radius 2 is 2.12 bits per heavy atom. The standard InChI is InChI=1S/C10H6N2O2S2/c13-6-3-5-16-8(6)10-11-9(12-14-10)7-2-1-4-15-7/h1-5,13H. The van der Waals surface area contributed by atoms with E-state index in [-0.39, 0.29) is 5.75 Å². The minimum atomic E-state index is 0.173. The molecule has 3 aromatic rings. The van der Waals surface area contributed by atoms with Crippen LogP contribution in [0.15, 0.2) is 33.5 Å². The number of aromatic hydroxyl groups is 1. The largest absolute Gasteiger partial charge is 0.506 e. The third-order valence-corrected chi connectivity index (χ3v) is 3.76. The molecule has 0 spiro atoms. The van der Waals surface area contributed by atoms with Crippen molar-refractivity contribution in [3.63, 3.8) is 0 Å². The first-order valence-corrected chi connectivity index (χ1v) is 6.25. The molecule has 80 valence electrons. The first-order valence-electron chi connectivity index (χ1n) is 4.49. The van der Waals surface area contributed by atoms with Crippen LogP contribution in [0.25, 0.3) is 21.5 Å². The van der Waals surface area contributed by atoms with Crippen LogP contribution in [0.1, 0.15) is 0 Å². The van der Waals surface area contributed by atoms with Gasteiger partial charge in [0.25, 0.3) is 5.89 Å². The third-order valence-electron chi connectivity index (χ3n) is 2.01. The van der Waals surface area contributed by atoms with Crippen LogP contribution < -0.4 is 0 Å². The average Bonchev–Trinajstić information content (AvgIpc) is 2.96. The van der Waals surface area contributed by atoms with Gasteiger partial charge in [-0.3, -0.25) is 0 Å². The molecule has 0 aromatic carbocycles. The summed E-state index contributed by atoms with van der Waals surface area (Å²) in [4.78, 5) is 5.80. The van der Waals surface area contributed by atoms with E-state index in [2.05, 4.69) is 10.1 Å². The number of hydrogen-bond acceptors (Lipinski definition) is 6. The minimum Gasteiger partial charge on any atom is -0.506 e. The molecule has 3 heterocycles. The van der Waals surface area contributed by atoms with Crippen molar-refractivity contribution in [3.8, 4) is 27.2 Å². The van der Waals surface area contributed by atoms with Crippen LogP contribution in [-0.2, 0) is 0 Å². The SMILES string of the molecule is Oc1ccsc1-c1nc(-c2cccs2)no1. The van der Waals surface area contributed by atoms with E-state index in [1.54, 1.807) is 22.8 Å². The summed E-state index contributed by atoms with van der Waals surface area (Å²) in [5.74, 6) is 1.08. The molecule has 0 saturated heterocycles. The molecule has 0 amide bonds. The van der Waals surface area contributed by atoms with E-state index in [9.17, 15) is 5.11 Å². The molecule has 3 aromatic heterocycles. The second kappa shape index (κ2) is 3.73. The molecule has 1 N–H and O–H groups in total. The fourth-order valence-electron chi connectivity index (χ4n) is 1.28. The van der Waals surface area contributed by atoms with E-state index in [1.165, 1.54) is 11.3 Å². The maximum atomic E-state index is 9.53. The molecular weight excluding hydrogens is 244 g/mol. The monoisotopic (exact) mass is 250 g/mol. The van der Waals surface area contributed by atoms with Gasteiger partial charge in [-0.1, -0.05) is 11.2 Å². The first-order chi connectivity index (χ1) is 7.84. The topological polar surface area (TPSA) is 59.2 Å². The molecule has 4 nitrogen and oxygen atoms in total. The smallest absolute Gasteiger partial charge is 0.272 e. The van der Waals surface area contributed by atoms with Crippen LogP contribution in [0.5, 0.6) is 5.75 Å². The lowest BCUT2D eigenvalue weighted by Crippen LogP contribution is -1.75. The van der Waals surface area contributed by atoms with Crippen molar-refractivity contribution in [2.45, 2.75) is 0 Å². The second-order valence-corrected chi connectivity index (χ2v) is 4.90. The van der Waals surface area contributed by atoms with Gasteiger partial charge in [-0.15, -0.1) is 22.7 Å². The van der Waals surface area contributed by atoms with Crippen LogP contribution in [0.2, 0.25) is 0 Å². The lowest BCUT2D eigenvalue weighted by atomic mass is 10.4. The van der Waals surface area contributed by atoms with Crippen molar-refractivity contribution in [2.24, 2.45) is 0 Å². The molecule has 0 atom stereocenters. The zero-order valence-electron chi connectivity index (χ0n) is 7.95. The molecule has 6 heteroatoms. The Balaban J connectivity index is 2.03. The molecule has 0 aliphatic carbocycles. The third kappa shape index (κ3) is 1.52. The number of nitrogens with zero attached hydrogens (tertiary/aromatic N) is 2. The van der Waals surface area contributed by atoms with Crippen molar-refractivity contribution < 1.29 is 9.63 Å². The van der Waals surface area contributed by atoms with Gasteiger partial charge >= 0.3 is 0 Å². The Hall–Kier alpha value is -1.66. The highest BCUT2D eigenvalue weighted by atomic mass is 32.1. The van der Waals surface area contributed by atoms with Gasteiger partial charge in [0.05, 0.1) is 4.88 Å². The Morgan fingerprint density at radius 3 is 2.81 bits per heavy atom. The van der Waals surface area contributed by atoms with E-state index in [1.807, 2.05) is 17.5 Å². The summed E-state index contributed by atoms with van der Waals surface area (Å²) in [5.41, 5.74) is 0. The normalized spacial score (nSPS) is 10.8. The molecule has 0 aliphatic rings. The number of rotatable bonds is 2. The van der Waals surface area contributed by atoms with Crippen LogP contribution >= 0.6 is 22.7 Å². The molecular formula is C10H6N2O2S2. The van der Waals surface area contributed by atoms with Gasteiger partial charge in [0, 0.05) is 0 Å². The van der Waals surface area contributed by atoms with Crippen molar-refractivity contribution in [1.29, 1.82) is 0 Å².